The van der Waals surface area contributed by atoms with E-state index in [2.05, 4.69) is 22.1 Å². The van der Waals surface area contributed by atoms with E-state index in [0.717, 1.165) is 35.0 Å². The summed E-state index contributed by atoms with van der Waals surface area (Å²) in [7, 11) is 2.09. The van der Waals surface area contributed by atoms with Gasteiger partial charge in [-0.1, -0.05) is 5.16 Å². The van der Waals surface area contributed by atoms with Gasteiger partial charge in [0.15, 0.2) is 5.82 Å². The molecule has 106 valence electrons. The molecule has 1 aliphatic heterocycles. The lowest BCUT2D eigenvalue weighted by atomic mass is 10.1. The van der Waals surface area contributed by atoms with Gasteiger partial charge in [0, 0.05) is 23.6 Å². The maximum Gasteiger partial charge on any atom is 0.257 e. The standard InChI is InChI=1S/C14H17N3O2S/c1-9-7-10(3-4-12(9)18)14-15-13(16-19-14)11-8-20-6-5-17(11)2/h3-4,7,11,18H,5-6,8H2,1-2H3. The highest BCUT2D eigenvalue weighted by atomic mass is 32.2. The number of rotatable bonds is 2. The van der Waals surface area contributed by atoms with Crippen molar-refractivity contribution in [2.45, 2.75) is 13.0 Å². The van der Waals surface area contributed by atoms with Crippen LogP contribution in [0.2, 0.25) is 0 Å². The van der Waals surface area contributed by atoms with Crippen molar-refractivity contribution in [3.63, 3.8) is 0 Å². The Bertz CT molecular complexity index is 614. The van der Waals surface area contributed by atoms with Crippen molar-refractivity contribution in [3.05, 3.63) is 29.6 Å². The van der Waals surface area contributed by atoms with Crippen molar-refractivity contribution in [2.24, 2.45) is 0 Å². The van der Waals surface area contributed by atoms with E-state index in [1.54, 1.807) is 12.1 Å². The molecule has 1 saturated heterocycles. The van der Waals surface area contributed by atoms with Crippen LogP contribution in [0.25, 0.3) is 11.5 Å². The van der Waals surface area contributed by atoms with Crippen LogP contribution in [0.15, 0.2) is 22.7 Å². The smallest absolute Gasteiger partial charge is 0.257 e. The molecule has 3 rings (SSSR count). The molecule has 1 fully saturated rings. The minimum Gasteiger partial charge on any atom is -0.508 e. The van der Waals surface area contributed by atoms with Gasteiger partial charge in [-0.25, -0.2) is 0 Å². The Morgan fingerprint density at radius 2 is 2.30 bits per heavy atom. The minimum atomic E-state index is 0.212. The van der Waals surface area contributed by atoms with Crippen LogP contribution in [0.5, 0.6) is 5.75 Å². The fraction of sp³-hybridized carbons (Fsp3) is 0.429. The molecule has 20 heavy (non-hydrogen) atoms. The third-order valence-corrected chi connectivity index (χ3v) is 4.60. The highest BCUT2D eigenvalue weighted by molar-refractivity contribution is 7.99. The first-order valence-corrected chi connectivity index (χ1v) is 7.72. The van der Waals surface area contributed by atoms with Crippen LogP contribution in [0, 0.1) is 6.92 Å². The molecule has 0 amide bonds. The maximum atomic E-state index is 9.56. The monoisotopic (exact) mass is 291 g/mol. The van der Waals surface area contributed by atoms with Crippen LogP contribution in [0.1, 0.15) is 17.4 Å². The molecule has 1 N–H and O–H groups in total. The molecule has 0 spiro atoms. The summed E-state index contributed by atoms with van der Waals surface area (Å²) in [5.74, 6) is 3.66. The number of hydrogen-bond donors (Lipinski definition) is 1. The summed E-state index contributed by atoms with van der Waals surface area (Å²) in [5.41, 5.74) is 1.64. The summed E-state index contributed by atoms with van der Waals surface area (Å²) < 4.78 is 5.37. The summed E-state index contributed by atoms with van der Waals surface area (Å²) in [5, 5.41) is 13.7. The van der Waals surface area contributed by atoms with Gasteiger partial charge in [0.05, 0.1) is 6.04 Å². The Labute approximate surface area is 122 Å². The Morgan fingerprint density at radius 3 is 3.05 bits per heavy atom. The molecule has 0 aliphatic carbocycles. The number of benzene rings is 1. The number of hydrogen-bond acceptors (Lipinski definition) is 6. The Morgan fingerprint density at radius 1 is 1.45 bits per heavy atom. The van der Waals surface area contributed by atoms with Crippen LogP contribution in [0.3, 0.4) is 0 Å². The van der Waals surface area contributed by atoms with Crippen molar-refractivity contribution in [2.75, 3.05) is 25.1 Å². The Kier molecular flexibility index (Phi) is 3.67. The van der Waals surface area contributed by atoms with E-state index in [-0.39, 0.29) is 11.8 Å². The average molecular weight is 291 g/mol. The normalized spacial score (nSPS) is 20.2. The lowest BCUT2D eigenvalue weighted by Gasteiger charge is -2.29. The molecule has 2 heterocycles. The summed E-state index contributed by atoms with van der Waals surface area (Å²) in [6.07, 6.45) is 0. The highest BCUT2D eigenvalue weighted by Gasteiger charge is 2.26. The van der Waals surface area contributed by atoms with Gasteiger partial charge in [0.1, 0.15) is 5.75 Å². The number of aromatic nitrogens is 2. The van der Waals surface area contributed by atoms with Gasteiger partial charge in [-0.15, -0.1) is 0 Å². The van der Waals surface area contributed by atoms with E-state index in [1.807, 2.05) is 24.8 Å². The van der Waals surface area contributed by atoms with Crippen LogP contribution in [0.4, 0.5) is 0 Å². The third-order valence-electron chi connectivity index (χ3n) is 3.58. The first kappa shape index (κ1) is 13.5. The minimum absolute atomic E-state index is 0.212. The van der Waals surface area contributed by atoms with Gasteiger partial charge in [0.2, 0.25) is 0 Å². The van der Waals surface area contributed by atoms with Crippen molar-refractivity contribution in [1.29, 1.82) is 0 Å². The van der Waals surface area contributed by atoms with E-state index in [1.165, 1.54) is 0 Å². The maximum absolute atomic E-state index is 9.56. The van der Waals surface area contributed by atoms with E-state index in [0.29, 0.717) is 5.89 Å². The van der Waals surface area contributed by atoms with Crippen molar-refractivity contribution >= 4 is 11.8 Å². The molecular formula is C14H17N3O2S. The van der Waals surface area contributed by atoms with Crippen molar-refractivity contribution < 1.29 is 9.63 Å². The molecular weight excluding hydrogens is 274 g/mol. The number of thioether (sulfide) groups is 1. The van der Waals surface area contributed by atoms with Gasteiger partial charge >= 0.3 is 0 Å². The quantitative estimate of drug-likeness (QED) is 0.917. The van der Waals surface area contributed by atoms with Gasteiger partial charge in [-0.3, -0.25) is 4.90 Å². The molecule has 1 atom stereocenters. The van der Waals surface area contributed by atoms with Gasteiger partial charge in [-0.05, 0) is 37.7 Å². The SMILES string of the molecule is Cc1cc(-c2nc(C3CSCCN3C)no2)ccc1O. The number of aryl methyl sites for hydroxylation is 1. The molecule has 2 aromatic rings. The summed E-state index contributed by atoms with van der Waals surface area (Å²) in [6.45, 7) is 2.89. The molecule has 5 nitrogen and oxygen atoms in total. The summed E-state index contributed by atoms with van der Waals surface area (Å²) in [6, 6.07) is 5.51. The van der Waals surface area contributed by atoms with E-state index >= 15 is 0 Å². The summed E-state index contributed by atoms with van der Waals surface area (Å²) >= 11 is 1.91. The molecule has 1 aromatic heterocycles. The van der Waals surface area contributed by atoms with Crippen molar-refractivity contribution in [1.82, 2.24) is 15.0 Å². The molecule has 6 heteroatoms. The Hall–Kier alpha value is -1.53. The average Bonchev–Trinajstić information content (AvgIpc) is 2.92. The molecule has 0 radical (unpaired) electrons. The largest absolute Gasteiger partial charge is 0.508 e. The first-order valence-electron chi connectivity index (χ1n) is 6.57. The lowest BCUT2D eigenvalue weighted by Crippen LogP contribution is -2.33. The predicted molar refractivity (Wildman–Crippen MR) is 78.8 cm³/mol. The predicted octanol–water partition coefficient (Wildman–Crippen LogP) is 2.47. The van der Waals surface area contributed by atoms with E-state index < -0.39 is 0 Å². The number of nitrogens with zero attached hydrogens (tertiary/aromatic N) is 3. The molecule has 0 saturated carbocycles. The number of aromatic hydroxyl groups is 1. The van der Waals surface area contributed by atoms with Crippen LogP contribution >= 0.6 is 11.8 Å². The molecule has 1 unspecified atom stereocenters. The van der Waals surface area contributed by atoms with Crippen LogP contribution in [-0.4, -0.2) is 45.2 Å². The molecule has 1 aromatic carbocycles. The zero-order valence-electron chi connectivity index (χ0n) is 11.5. The Balaban J connectivity index is 1.87. The topological polar surface area (TPSA) is 62.4 Å². The second kappa shape index (κ2) is 5.46. The fourth-order valence-electron chi connectivity index (χ4n) is 2.23. The van der Waals surface area contributed by atoms with Gasteiger partial charge < -0.3 is 9.63 Å². The highest BCUT2D eigenvalue weighted by Crippen LogP contribution is 2.29. The zero-order chi connectivity index (χ0) is 14.1. The number of phenolic OH excluding ortho intramolecular Hbond substituents is 1. The van der Waals surface area contributed by atoms with E-state index in [4.69, 9.17) is 4.52 Å². The van der Waals surface area contributed by atoms with Crippen LogP contribution in [-0.2, 0) is 0 Å². The third kappa shape index (κ3) is 2.53. The van der Waals surface area contributed by atoms with Gasteiger partial charge in [-0.2, -0.15) is 16.7 Å². The molecule has 1 aliphatic rings. The van der Waals surface area contributed by atoms with Crippen LogP contribution < -0.4 is 0 Å². The fourth-order valence-corrected chi connectivity index (χ4v) is 3.44. The second-order valence-corrected chi connectivity index (χ2v) is 6.18. The second-order valence-electron chi connectivity index (χ2n) is 5.03. The lowest BCUT2D eigenvalue weighted by molar-refractivity contribution is 0.257. The van der Waals surface area contributed by atoms with E-state index in [9.17, 15) is 5.11 Å². The zero-order valence-corrected chi connectivity index (χ0v) is 12.4. The first-order chi connectivity index (χ1) is 9.65. The molecule has 0 bridgehead atoms. The summed E-state index contributed by atoms with van der Waals surface area (Å²) in [4.78, 5) is 6.77. The van der Waals surface area contributed by atoms with Gasteiger partial charge in [0.25, 0.3) is 5.89 Å². The number of phenols is 1. The van der Waals surface area contributed by atoms with Crippen molar-refractivity contribution in [3.8, 4) is 17.2 Å².